The van der Waals surface area contributed by atoms with E-state index in [9.17, 15) is 4.79 Å². The van der Waals surface area contributed by atoms with Crippen LogP contribution in [0.4, 0.5) is 5.13 Å². The highest BCUT2D eigenvalue weighted by Crippen LogP contribution is 2.33. The number of nitrogen functional groups attached to an aromatic ring is 1. The minimum absolute atomic E-state index is 0.0834. The van der Waals surface area contributed by atoms with Crippen LogP contribution in [-0.2, 0) is 12.8 Å². The van der Waals surface area contributed by atoms with Gasteiger partial charge >= 0.3 is 0 Å². The number of rotatable bonds is 9. The van der Waals surface area contributed by atoms with Gasteiger partial charge in [0.1, 0.15) is 0 Å². The van der Waals surface area contributed by atoms with Crippen LogP contribution in [-0.4, -0.2) is 41.0 Å². The van der Waals surface area contributed by atoms with Gasteiger partial charge in [-0.25, -0.2) is 4.98 Å². The second-order valence-corrected chi connectivity index (χ2v) is 12.6. The molecule has 2 heterocycles. The van der Waals surface area contributed by atoms with E-state index in [4.69, 9.17) is 5.73 Å². The number of carbonyl (C=O) groups is 1. The van der Waals surface area contributed by atoms with Crippen LogP contribution in [0.2, 0.25) is 0 Å². The summed E-state index contributed by atoms with van der Waals surface area (Å²) in [6.07, 6.45) is 10.4. The van der Waals surface area contributed by atoms with Crippen LogP contribution in [0.3, 0.4) is 0 Å². The van der Waals surface area contributed by atoms with Gasteiger partial charge in [-0.3, -0.25) is 4.79 Å². The lowest BCUT2D eigenvalue weighted by atomic mass is 9.83. The van der Waals surface area contributed by atoms with E-state index in [1.165, 1.54) is 61.3 Å². The molecule has 1 saturated carbocycles. The Morgan fingerprint density at radius 2 is 1.86 bits per heavy atom. The second-order valence-electron chi connectivity index (χ2n) is 10.4. The fraction of sp³-hybridized carbons (Fsp3) is 0.517. The summed E-state index contributed by atoms with van der Waals surface area (Å²) in [7, 11) is 0. The number of benzene rings is 1. The fourth-order valence-electron chi connectivity index (χ4n) is 5.87. The summed E-state index contributed by atoms with van der Waals surface area (Å²) in [6, 6.07) is 15.2. The molecule has 36 heavy (non-hydrogen) atoms. The van der Waals surface area contributed by atoms with Gasteiger partial charge in [0.15, 0.2) is 5.13 Å². The number of amides is 1. The summed E-state index contributed by atoms with van der Waals surface area (Å²) in [6.45, 7) is 4.64. The largest absolute Gasteiger partial charge is 0.375 e. The minimum atomic E-state index is 0.0834. The standard InChI is InChI=1S/C29H38N4OS2/c1-2-17-33(23-12-13-24-27(19-23)36-29(30)32-24)18-16-20-8-10-22(11-9-20)31-28(34)26-15-14-25(35-26)21-6-4-3-5-7-21/h3-7,14-15,20,22-23H,2,8-13,16-19H2,1H3,(H2,30,32)(H,31,34). The number of aryl methyl sites for hydroxylation is 1. The smallest absolute Gasteiger partial charge is 0.261 e. The molecule has 1 atom stereocenters. The number of hydrogen-bond donors (Lipinski definition) is 2. The Bertz CT molecular complexity index is 1130. The Hall–Kier alpha value is -2.22. The van der Waals surface area contributed by atoms with E-state index >= 15 is 0 Å². The number of aromatic nitrogens is 1. The van der Waals surface area contributed by atoms with E-state index in [0.29, 0.717) is 12.1 Å². The van der Waals surface area contributed by atoms with Crippen LogP contribution >= 0.6 is 22.7 Å². The molecule has 5 rings (SSSR count). The maximum Gasteiger partial charge on any atom is 0.261 e. The van der Waals surface area contributed by atoms with Gasteiger partial charge in [-0.2, -0.15) is 0 Å². The number of thiophene rings is 1. The molecule has 0 aliphatic heterocycles. The summed E-state index contributed by atoms with van der Waals surface area (Å²) >= 11 is 3.27. The molecule has 5 nitrogen and oxygen atoms in total. The van der Waals surface area contributed by atoms with Crippen LogP contribution < -0.4 is 11.1 Å². The molecule has 1 unspecified atom stereocenters. The van der Waals surface area contributed by atoms with Crippen molar-refractivity contribution in [1.29, 1.82) is 0 Å². The predicted molar refractivity (Wildman–Crippen MR) is 152 cm³/mol. The highest BCUT2D eigenvalue weighted by atomic mass is 32.1. The maximum absolute atomic E-state index is 12.9. The van der Waals surface area contributed by atoms with Crippen molar-refractivity contribution in [2.75, 3.05) is 18.8 Å². The Morgan fingerprint density at radius 1 is 1.06 bits per heavy atom. The molecule has 0 saturated heterocycles. The predicted octanol–water partition coefficient (Wildman–Crippen LogP) is 6.40. The maximum atomic E-state index is 12.9. The number of hydrogen-bond acceptors (Lipinski definition) is 6. The van der Waals surface area contributed by atoms with Gasteiger partial charge in [0.2, 0.25) is 0 Å². The van der Waals surface area contributed by atoms with Crippen LogP contribution in [0.25, 0.3) is 10.4 Å². The molecule has 2 aromatic heterocycles. The van der Waals surface area contributed by atoms with Crippen LogP contribution in [0.5, 0.6) is 0 Å². The monoisotopic (exact) mass is 522 g/mol. The van der Waals surface area contributed by atoms with E-state index in [-0.39, 0.29) is 5.91 Å². The number of anilines is 1. The van der Waals surface area contributed by atoms with Gasteiger partial charge in [-0.05, 0) is 94.5 Å². The number of carbonyl (C=O) groups excluding carboxylic acids is 1. The molecular weight excluding hydrogens is 484 g/mol. The van der Waals surface area contributed by atoms with E-state index in [1.54, 1.807) is 22.7 Å². The quantitative estimate of drug-likeness (QED) is 0.341. The Morgan fingerprint density at radius 3 is 2.64 bits per heavy atom. The van der Waals surface area contributed by atoms with Gasteiger partial charge in [0.05, 0.1) is 10.6 Å². The molecule has 0 radical (unpaired) electrons. The van der Waals surface area contributed by atoms with Crippen molar-refractivity contribution < 1.29 is 4.79 Å². The van der Waals surface area contributed by atoms with Crippen LogP contribution in [0, 0.1) is 5.92 Å². The summed E-state index contributed by atoms with van der Waals surface area (Å²) in [5.41, 5.74) is 8.37. The molecule has 0 bridgehead atoms. The molecule has 192 valence electrons. The average molecular weight is 523 g/mol. The van der Waals surface area contributed by atoms with Crippen molar-refractivity contribution in [1.82, 2.24) is 15.2 Å². The van der Waals surface area contributed by atoms with Gasteiger partial charge < -0.3 is 16.0 Å². The lowest BCUT2D eigenvalue weighted by Gasteiger charge is -2.36. The number of fused-ring (bicyclic) bond motifs is 1. The van der Waals surface area contributed by atoms with Gasteiger partial charge in [0, 0.05) is 21.8 Å². The normalized spacial score (nSPS) is 21.9. The molecule has 1 aromatic carbocycles. The first kappa shape index (κ1) is 25.4. The van der Waals surface area contributed by atoms with Crippen LogP contribution in [0.1, 0.15) is 72.1 Å². The summed E-state index contributed by atoms with van der Waals surface area (Å²) in [5, 5.41) is 4.04. The lowest BCUT2D eigenvalue weighted by molar-refractivity contribution is 0.0922. The molecular formula is C29H38N4OS2. The van der Waals surface area contributed by atoms with Gasteiger partial charge in [-0.15, -0.1) is 22.7 Å². The van der Waals surface area contributed by atoms with Crippen molar-refractivity contribution in [2.24, 2.45) is 5.92 Å². The zero-order chi connectivity index (χ0) is 24.9. The molecule has 2 aliphatic rings. The number of thiazole rings is 1. The second kappa shape index (κ2) is 11.9. The number of nitrogens with zero attached hydrogens (tertiary/aromatic N) is 2. The average Bonchev–Trinajstić information content (AvgIpc) is 3.54. The SMILES string of the molecule is CCCN(CCC1CCC(NC(=O)c2ccc(-c3ccccc3)s2)CC1)C1CCc2nc(N)sc2C1. The Labute approximate surface area is 223 Å². The van der Waals surface area contributed by atoms with Gasteiger partial charge in [-0.1, -0.05) is 37.3 Å². The van der Waals surface area contributed by atoms with Gasteiger partial charge in [0.25, 0.3) is 5.91 Å². The minimum Gasteiger partial charge on any atom is -0.375 e. The Balaban J connectivity index is 1.07. The van der Waals surface area contributed by atoms with Crippen molar-refractivity contribution in [3.8, 4) is 10.4 Å². The van der Waals surface area contributed by atoms with E-state index < -0.39 is 0 Å². The molecule has 3 N–H and O–H groups in total. The van der Waals surface area contributed by atoms with Crippen molar-refractivity contribution in [3.05, 3.63) is 57.9 Å². The van der Waals surface area contributed by atoms with Crippen molar-refractivity contribution in [2.45, 2.75) is 76.8 Å². The van der Waals surface area contributed by atoms with E-state index in [0.717, 1.165) is 46.5 Å². The molecule has 2 aliphatic carbocycles. The number of nitrogens with two attached hydrogens (primary N) is 1. The van der Waals surface area contributed by atoms with E-state index in [2.05, 4.69) is 40.3 Å². The lowest BCUT2D eigenvalue weighted by Crippen LogP contribution is -2.41. The van der Waals surface area contributed by atoms with Crippen molar-refractivity contribution >= 4 is 33.7 Å². The molecule has 7 heteroatoms. The zero-order valence-corrected chi connectivity index (χ0v) is 22.9. The molecule has 1 fully saturated rings. The topological polar surface area (TPSA) is 71.2 Å². The summed E-state index contributed by atoms with van der Waals surface area (Å²) in [5.74, 6) is 0.849. The van der Waals surface area contributed by atoms with E-state index in [1.807, 2.05) is 24.3 Å². The first-order valence-corrected chi connectivity index (χ1v) is 15.2. The summed E-state index contributed by atoms with van der Waals surface area (Å²) in [4.78, 5) is 23.5. The summed E-state index contributed by atoms with van der Waals surface area (Å²) < 4.78 is 0. The fourth-order valence-corrected chi connectivity index (χ4v) is 7.74. The Kier molecular flexibility index (Phi) is 8.40. The van der Waals surface area contributed by atoms with Crippen molar-refractivity contribution in [3.63, 3.8) is 0 Å². The highest BCUT2D eigenvalue weighted by molar-refractivity contribution is 7.17. The molecule has 1 amide bonds. The third-order valence-corrected chi connectivity index (χ3v) is 9.93. The first-order valence-electron chi connectivity index (χ1n) is 13.5. The number of nitrogens with one attached hydrogen (secondary N) is 1. The molecule has 3 aromatic rings. The third kappa shape index (κ3) is 6.18. The highest BCUT2D eigenvalue weighted by Gasteiger charge is 2.28. The first-order chi connectivity index (χ1) is 17.6. The van der Waals surface area contributed by atoms with Crippen LogP contribution in [0.15, 0.2) is 42.5 Å². The zero-order valence-electron chi connectivity index (χ0n) is 21.2. The molecule has 0 spiro atoms. The third-order valence-electron chi connectivity index (χ3n) is 7.85.